The van der Waals surface area contributed by atoms with E-state index in [1.165, 1.54) is 69.4 Å². The second kappa shape index (κ2) is 17.6. The monoisotopic (exact) mass is 1030 g/mol. The third kappa shape index (κ3) is 7.35. The molecule has 2 fully saturated rings. The standard InChI is InChI=1S/C41H38F17NO10/c1-5-65-30(60)26-18-16-68-22-12-7-10-20(63-3)24(22)28(18)59-29-19(17-69-23-13-8-11-21(64-4)25(23)29)27(31(61)66-6-2)34(26,59)32(62)67-15-9-14-33(42,43)35(44,45)36(46,47)37(48,49)38(50,51)39(52,53)40(54,55)41(56,57)58/h7-8,10-13,18-19,26-29H,5-6,9,14-17H2,1-4H3/t18-,19-,26+,27+,28+,29+/m1/s1. The zero-order chi connectivity index (χ0) is 51.9. The second-order valence-electron chi connectivity index (χ2n) is 16.2. The van der Waals surface area contributed by atoms with Crippen LogP contribution in [0.15, 0.2) is 36.4 Å². The molecule has 2 saturated heterocycles. The molecule has 0 aliphatic carbocycles. The predicted molar refractivity (Wildman–Crippen MR) is 195 cm³/mol. The van der Waals surface area contributed by atoms with Gasteiger partial charge in [-0.15, -0.1) is 0 Å². The van der Waals surface area contributed by atoms with Gasteiger partial charge in [0, 0.05) is 18.3 Å². The second-order valence-corrected chi connectivity index (χ2v) is 16.2. The molecule has 11 nitrogen and oxygen atoms in total. The molecule has 6 rings (SSSR count). The molecule has 0 amide bonds. The third-order valence-electron chi connectivity index (χ3n) is 12.7. The highest BCUT2D eigenvalue weighted by atomic mass is 19.4. The van der Waals surface area contributed by atoms with Crippen LogP contribution in [0.2, 0.25) is 0 Å². The molecule has 2 aromatic rings. The fraction of sp³-hybridized carbons (Fsp3) is 0.634. The highest BCUT2D eigenvalue weighted by Crippen LogP contribution is 2.71. The van der Waals surface area contributed by atoms with Crippen LogP contribution in [0, 0.1) is 23.7 Å². The number of halogens is 17. The van der Waals surface area contributed by atoms with Gasteiger partial charge in [0.1, 0.15) is 28.5 Å². The van der Waals surface area contributed by atoms with E-state index in [2.05, 4.69) is 0 Å². The summed E-state index contributed by atoms with van der Waals surface area (Å²) in [6.07, 6.45) is -12.7. The summed E-state index contributed by atoms with van der Waals surface area (Å²) in [4.78, 5) is 45.4. The average Bonchev–Trinajstić information content (AvgIpc) is 3.75. The molecule has 386 valence electrons. The van der Waals surface area contributed by atoms with Crippen molar-refractivity contribution in [2.75, 3.05) is 47.3 Å². The Hall–Kier alpha value is -5.18. The van der Waals surface area contributed by atoms with Gasteiger partial charge in [-0.25, -0.2) is 4.79 Å². The Morgan fingerprint density at radius 2 is 0.986 bits per heavy atom. The van der Waals surface area contributed by atoms with Gasteiger partial charge in [0.15, 0.2) is 0 Å². The number of ether oxygens (including phenoxy) is 7. The number of hydrogen-bond donors (Lipinski definition) is 0. The number of fused-ring (bicyclic) bond motifs is 9. The fourth-order valence-electron chi connectivity index (χ4n) is 9.73. The maximum Gasteiger partial charge on any atom is 0.460 e. The maximum absolute atomic E-state index is 15.2. The van der Waals surface area contributed by atoms with Crippen LogP contribution in [0.3, 0.4) is 0 Å². The Balaban J connectivity index is 1.43. The first kappa shape index (κ1) is 53.2. The number of carbonyl (C=O) groups excluding carboxylic acids is 3. The SMILES string of the molecule is CCOC(=O)[C@@H]1[C@H]2COc3cccc(OC)c3[C@H]2N2[C@@H]3c4c(OC)cccc4OC[C@@H]3[C@@H](C(=O)OCC)C12C(=O)OCCCC(F)(F)C(F)(F)C(F)(F)C(F)(F)C(F)(F)C(F)(F)C(F)(F)C(F)(F)F. The van der Waals surface area contributed by atoms with Gasteiger partial charge >= 0.3 is 65.5 Å². The van der Waals surface area contributed by atoms with Crippen molar-refractivity contribution in [1.82, 2.24) is 4.90 Å². The molecule has 0 bridgehead atoms. The summed E-state index contributed by atoms with van der Waals surface area (Å²) in [5, 5.41) is 0. The summed E-state index contributed by atoms with van der Waals surface area (Å²) in [6, 6.07) is 6.45. The van der Waals surface area contributed by atoms with Crippen molar-refractivity contribution in [2.45, 2.75) is 91.9 Å². The van der Waals surface area contributed by atoms with E-state index in [1.54, 1.807) is 0 Å². The largest absolute Gasteiger partial charge is 0.496 e. The van der Waals surface area contributed by atoms with Crippen LogP contribution in [0.5, 0.6) is 23.0 Å². The molecule has 0 saturated carbocycles. The van der Waals surface area contributed by atoms with Crippen molar-refractivity contribution in [2.24, 2.45) is 23.7 Å². The van der Waals surface area contributed by atoms with Gasteiger partial charge in [-0.1, -0.05) is 12.1 Å². The number of methoxy groups -OCH3 is 2. The van der Waals surface area contributed by atoms with Crippen molar-refractivity contribution in [3.05, 3.63) is 47.5 Å². The topological polar surface area (TPSA) is 119 Å². The number of carbonyl (C=O) groups is 3. The number of alkyl halides is 17. The van der Waals surface area contributed by atoms with Gasteiger partial charge in [0.2, 0.25) is 0 Å². The summed E-state index contributed by atoms with van der Waals surface area (Å²) in [5.74, 6) is -67.8. The number of rotatable bonds is 17. The zero-order valence-electron chi connectivity index (χ0n) is 35.8. The molecule has 6 atom stereocenters. The minimum atomic E-state index is -8.81. The van der Waals surface area contributed by atoms with Gasteiger partial charge in [-0.2, -0.15) is 74.6 Å². The Kier molecular flexibility index (Phi) is 13.6. The van der Waals surface area contributed by atoms with Gasteiger partial charge in [0.05, 0.1) is 82.3 Å². The first-order valence-electron chi connectivity index (χ1n) is 20.4. The summed E-state index contributed by atoms with van der Waals surface area (Å²) in [6.45, 7) is -0.574. The number of nitrogens with zero attached hydrogens (tertiary/aromatic N) is 1. The van der Waals surface area contributed by atoms with E-state index < -0.39 is 139 Å². The van der Waals surface area contributed by atoms with E-state index in [0.717, 1.165) is 0 Å². The van der Waals surface area contributed by atoms with E-state index in [4.69, 9.17) is 33.2 Å². The molecular formula is C41H38F17NO10. The number of benzene rings is 2. The van der Waals surface area contributed by atoms with E-state index in [9.17, 15) is 75.4 Å². The summed E-state index contributed by atoms with van der Waals surface area (Å²) < 4.78 is 277. The molecule has 0 spiro atoms. The van der Waals surface area contributed by atoms with Crippen molar-refractivity contribution in [1.29, 1.82) is 0 Å². The van der Waals surface area contributed by atoms with Gasteiger partial charge in [-0.05, 0) is 44.5 Å². The lowest BCUT2D eigenvalue weighted by Gasteiger charge is -2.43. The van der Waals surface area contributed by atoms with Crippen molar-refractivity contribution < 1.29 is 122 Å². The highest BCUT2D eigenvalue weighted by Gasteiger charge is 2.95. The maximum atomic E-state index is 15.2. The summed E-state index contributed by atoms with van der Waals surface area (Å²) in [5.41, 5.74) is -2.40. The molecular weight excluding hydrogens is 989 g/mol. The van der Waals surface area contributed by atoms with Crippen molar-refractivity contribution in [3.63, 3.8) is 0 Å². The first-order chi connectivity index (χ1) is 31.8. The van der Waals surface area contributed by atoms with E-state index in [1.807, 2.05) is 0 Å². The van der Waals surface area contributed by atoms with Gasteiger partial charge in [-0.3, -0.25) is 14.5 Å². The van der Waals surface area contributed by atoms with E-state index in [-0.39, 0.29) is 47.3 Å². The normalized spacial score (nSPS) is 25.2. The van der Waals surface area contributed by atoms with Gasteiger partial charge in [0.25, 0.3) is 0 Å². The van der Waals surface area contributed by atoms with Crippen LogP contribution in [-0.4, -0.2) is 123 Å². The average molecular weight is 1030 g/mol. The molecule has 0 aromatic heterocycles. The van der Waals surface area contributed by atoms with Crippen LogP contribution in [0.4, 0.5) is 74.6 Å². The van der Waals surface area contributed by atoms with Crippen molar-refractivity contribution >= 4 is 17.9 Å². The van der Waals surface area contributed by atoms with Crippen LogP contribution in [0.25, 0.3) is 0 Å². The van der Waals surface area contributed by atoms with Crippen LogP contribution < -0.4 is 18.9 Å². The molecule has 28 heteroatoms. The lowest BCUT2D eigenvalue weighted by Crippen LogP contribution is -2.74. The quantitative estimate of drug-likeness (QED) is 0.0653. The van der Waals surface area contributed by atoms with Crippen LogP contribution in [-0.2, 0) is 28.6 Å². The van der Waals surface area contributed by atoms with Crippen LogP contribution in [0.1, 0.15) is 49.9 Å². The zero-order valence-corrected chi connectivity index (χ0v) is 35.8. The molecule has 0 unspecified atom stereocenters. The molecule has 4 aliphatic rings. The lowest BCUT2D eigenvalue weighted by molar-refractivity contribution is -0.461. The minimum Gasteiger partial charge on any atom is -0.496 e. The number of esters is 3. The fourth-order valence-corrected chi connectivity index (χ4v) is 9.73. The Morgan fingerprint density at radius 3 is 1.36 bits per heavy atom. The Labute approximate surface area is 378 Å². The van der Waals surface area contributed by atoms with E-state index >= 15 is 13.6 Å². The molecule has 2 aromatic carbocycles. The molecule has 69 heavy (non-hydrogen) atoms. The van der Waals surface area contributed by atoms with Crippen LogP contribution >= 0.6 is 0 Å². The molecule has 4 aliphatic heterocycles. The Bertz CT molecular complexity index is 2170. The molecule has 0 radical (unpaired) electrons. The highest BCUT2D eigenvalue weighted by molar-refractivity contribution is 5.97. The van der Waals surface area contributed by atoms with Crippen molar-refractivity contribution in [3.8, 4) is 23.0 Å². The smallest absolute Gasteiger partial charge is 0.460 e. The first-order valence-corrected chi connectivity index (χ1v) is 20.4. The molecule has 4 heterocycles. The third-order valence-corrected chi connectivity index (χ3v) is 12.7. The summed E-state index contributed by atoms with van der Waals surface area (Å²) >= 11 is 0. The van der Waals surface area contributed by atoms with E-state index in [0.29, 0.717) is 0 Å². The summed E-state index contributed by atoms with van der Waals surface area (Å²) in [7, 11) is 2.51. The predicted octanol–water partition coefficient (Wildman–Crippen LogP) is 9.26. The molecule has 0 N–H and O–H groups in total. The van der Waals surface area contributed by atoms with Gasteiger partial charge < -0.3 is 33.2 Å². The Morgan fingerprint density at radius 1 is 0.594 bits per heavy atom. The number of hydrogen-bond acceptors (Lipinski definition) is 11. The minimum absolute atomic E-state index is 0.0958. The lowest BCUT2D eigenvalue weighted by atomic mass is 9.67.